The fraction of sp³-hybridized carbons (Fsp3) is 0.348. The van der Waals surface area contributed by atoms with Crippen molar-refractivity contribution in [3.8, 4) is 0 Å². The Kier molecular flexibility index (Phi) is 5.75. The molecule has 1 fully saturated rings. The molecule has 33 heavy (non-hydrogen) atoms. The molecular formula is C23H25N3O6S. The normalized spacial score (nSPS) is 18.2. The van der Waals surface area contributed by atoms with Crippen LogP contribution in [0.4, 0.5) is 11.4 Å². The Hall–Kier alpha value is -3.24. The van der Waals surface area contributed by atoms with Crippen LogP contribution in [-0.2, 0) is 24.3 Å². The topological polar surface area (TPSA) is 122 Å². The minimum absolute atomic E-state index is 0.0299. The number of benzene rings is 2. The van der Waals surface area contributed by atoms with Crippen LogP contribution in [0.15, 0.2) is 53.4 Å². The van der Waals surface area contributed by atoms with Gasteiger partial charge in [0, 0.05) is 6.04 Å². The van der Waals surface area contributed by atoms with Crippen molar-refractivity contribution in [2.45, 2.75) is 56.2 Å². The maximum atomic E-state index is 13.3. The third-order valence-electron chi connectivity index (χ3n) is 5.66. The van der Waals surface area contributed by atoms with Crippen LogP contribution in [0.3, 0.4) is 0 Å². The van der Waals surface area contributed by atoms with Crippen molar-refractivity contribution in [1.29, 1.82) is 0 Å². The number of anilines is 2. The first-order chi connectivity index (χ1) is 15.5. The minimum atomic E-state index is -3.64. The first-order valence-electron chi connectivity index (χ1n) is 10.6. The van der Waals surface area contributed by atoms with Gasteiger partial charge in [-0.2, -0.15) is 0 Å². The van der Waals surface area contributed by atoms with Gasteiger partial charge in [0.1, 0.15) is 5.54 Å². The number of hydrogen-bond donors (Lipinski definition) is 2. The highest BCUT2D eigenvalue weighted by atomic mass is 32.2. The van der Waals surface area contributed by atoms with Gasteiger partial charge in [0.05, 0.1) is 21.8 Å². The second-order valence-electron chi connectivity index (χ2n) is 8.67. The molecule has 1 saturated carbocycles. The van der Waals surface area contributed by atoms with Crippen molar-refractivity contribution < 1.29 is 27.5 Å². The van der Waals surface area contributed by atoms with Crippen LogP contribution in [-0.4, -0.2) is 43.9 Å². The van der Waals surface area contributed by atoms with Gasteiger partial charge in [0.25, 0.3) is 5.91 Å². The van der Waals surface area contributed by atoms with E-state index >= 15 is 0 Å². The lowest BCUT2D eigenvalue weighted by atomic mass is 9.95. The Labute approximate surface area is 192 Å². The second kappa shape index (κ2) is 8.27. The predicted molar refractivity (Wildman–Crippen MR) is 121 cm³/mol. The molecule has 1 atom stereocenters. The number of sulfonamides is 1. The van der Waals surface area contributed by atoms with Crippen molar-refractivity contribution in [1.82, 2.24) is 4.72 Å². The molecule has 2 amide bonds. The minimum Gasteiger partial charge on any atom is -0.449 e. The molecule has 0 unspecified atom stereocenters. The van der Waals surface area contributed by atoms with Gasteiger partial charge in [0.15, 0.2) is 6.10 Å². The van der Waals surface area contributed by atoms with E-state index in [-0.39, 0.29) is 22.4 Å². The Morgan fingerprint density at radius 2 is 1.76 bits per heavy atom. The molecule has 10 heteroatoms. The van der Waals surface area contributed by atoms with Gasteiger partial charge in [-0.15, -0.1) is 0 Å². The van der Waals surface area contributed by atoms with Gasteiger partial charge in [-0.25, -0.2) is 17.9 Å². The van der Waals surface area contributed by atoms with Crippen LogP contribution in [0.5, 0.6) is 0 Å². The first-order valence-corrected chi connectivity index (χ1v) is 12.1. The van der Waals surface area contributed by atoms with Crippen LogP contribution in [0.2, 0.25) is 0 Å². The lowest BCUT2D eigenvalue weighted by Crippen LogP contribution is -2.60. The Morgan fingerprint density at radius 3 is 2.39 bits per heavy atom. The number of fused-ring (bicyclic) bond motifs is 1. The van der Waals surface area contributed by atoms with E-state index < -0.39 is 33.5 Å². The molecule has 174 valence electrons. The number of amides is 2. The summed E-state index contributed by atoms with van der Waals surface area (Å²) in [6.45, 7) is 4.66. The summed E-state index contributed by atoms with van der Waals surface area (Å²) in [5, 5.41) is 2.78. The molecule has 2 aromatic rings. The maximum absolute atomic E-state index is 13.3. The average molecular weight is 472 g/mol. The fourth-order valence-corrected chi connectivity index (χ4v) is 4.87. The lowest BCUT2D eigenvalue weighted by Gasteiger charge is -2.42. The summed E-state index contributed by atoms with van der Waals surface area (Å²) >= 11 is 0. The predicted octanol–water partition coefficient (Wildman–Crippen LogP) is 2.44. The van der Waals surface area contributed by atoms with E-state index in [1.165, 1.54) is 36.1 Å². The molecule has 9 nitrogen and oxygen atoms in total. The molecule has 2 aromatic carbocycles. The van der Waals surface area contributed by atoms with Gasteiger partial charge in [-0.3, -0.25) is 14.5 Å². The number of ether oxygens (including phenoxy) is 1. The van der Waals surface area contributed by atoms with E-state index in [1.54, 1.807) is 38.1 Å². The molecule has 0 radical (unpaired) electrons. The second-order valence-corrected chi connectivity index (χ2v) is 10.4. The smallest absolute Gasteiger partial charge is 0.338 e. The molecule has 2 N–H and O–H groups in total. The summed E-state index contributed by atoms with van der Waals surface area (Å²) in [6, 6.07) is 12.2. The van der Waals surface area contributed by atoms with Crippen LogP contribution in [0.1, 0.15) is 44.0 Å². The Balaban J connectivity index is 1.50. The van der Waals surface area contributed by atoms with Gasteiger partial charge in [-0.1, -0.05) is 12.1 Å². The zero-order valence-corrected chi connectivity index (χ0v) is 19.3. The lowest BCUT2D eigenvalue weighted by molar-refractivity contribution is -0.131. The third-order valence-corrected chi connectivity index (χ3v) is 7.20. The number of nitrogens with zero attached hydrogens (tertiary/aromatic N) is 1. The number of para-hydroxylation sites is 2. The number of esters is 1. The Morgan fingerprint density at radius 1 is 1.12 bits per heavy atom. The molecule has 1 aliphatic carbocycles. The van der Waals surface area contributed by atoms with Crippen LogP contribution in [0.25, 0.3) is 0 Å². The number of carbonyl (C=O) groups excluding carboxylic acids is 3. The standard InChI is InChI=1S/C23H25N3O6S/c1-14(20(27)26-19-7-5-4-6-18(19)24-22(29)23(26,2)3)32-21(28)15-8-12-17(13-9-15)33(30,31)25-16-10-11-16/h4-9,12-14,16,25H,10-11H2,1-3H3,(H,24,29)/t14-/m0/s1. The van der Waals surface area contributed by atoms with Crippen LogP contribution in [0, 0.1) is 0 Å². The zero-order chi connectivity index (χ0) is 24.0. The zero-order valence-electron chi connectivity index (χ0n) is 18.5. The average Bonchev–Trinajstić information content (AvgIpc) is 3.57. The first kappa shape index (κ1) is 22.9. The summed E-state index contributed by atoms with van der Waals surface area (Å²) in [5.74, 6) is -1.68. The molecule has 0 bridgehead atoms. The van der Waals surface area contributed by atoms with E-state index in [4.69, 9.17) is 4.74 Å². The van der Waals surface area contributed by atoms with Gasteiger partial charge < -0.3 is 10.1 Å². The fourth-order valence-electron chi connectivity index (χ4n) is 3.57. The maximum Gasteiger partial charge on any atom is 0.338 e. The van der Waals surface area contributed by atoms with Crippen molar-refractivity contribution >= 4 is 39.2 Å². The van der Waals surface area contributed by atoms with Crippen molar-refractivity contribution in [2.24, 2.45) is 0 Å². The SMILES string of the molecule is C[C@H](OC(=O)c1ccc(S(=O)(=O)NC2CC2)cc1)C(=O)N1c2ccccc2NC(=O)C1(C)C. The van der Waals surface area contributed by atoms with E-state index in [2.05, 4.69) is 10.0 Å². The number of hydrogen-bond acceptors (Lipinski definition) is 6. The van der Waals surface area contributed by atoms with Gasteiger partial charge in [-0.05, 0) is 70.0 Å². The summed E-state index contributed by atoms with van der Waals surface area (Å²) in [5.41, 5.74) is -0.0921. The van der Waals surface area contributed by atoms with E-state index in [9.17, 15) is 22.8 Å². The van der Waals surface area contributed by atoms with Crippen molar-refractivity contribution in [2.75, 3.05) is 10.2 Å². The highest BCUT2D eigenvalue weighted by Gasteiger charge is 2.45. The molecule has 1 aliphatic heterocycles. The van der Waals surface area contributed by atoms with Crippen molar-refractivity contribution in [3.63, 3.8) is 0 Å². The molecule has 0 aromatic heterocycles. The quantitative estimate of drug-likeness (QED) is 0.624. The highest BCUT2D eigenvalue weighted by molar-refractivity contribution is 7.89. The van der Waals surface area contributed by atoms with Gasteiger partial charge >= 0.3 is 5.97 Å². The largest absolute Gasteiger partial charge is 0.449 e. The highest BCUT2D eigenvalue weighted by Crippen LogP contribution is 2.37. The van der Waals surface area contributed by atoms with E-state index in [1.807, 2.05) is 0 Å². The summed E-state index contributed by atoms with van der Waals surface area (Å²) in [4.78, 5) is 39.8. The number of nitrogens with one attached hydrogen (secondary N) is 2. The summed E-state index contributed by atoms with van der Waals surface area (Å²) in [6.07, 6.45) is 0.445. The summed E-state index contributed by atoms with van der Waals surface area (Å²) in [7, 11) is -3.64. The molecule has 2 aliphatic rings. The molecule has 0 saturated heterocycles. The van der Waals surface area contributed by atoms with Crippen LogP contribution < -0.4 is 14.9 Å². The molecule has 1 heterocycles. The molecular weight excluding hydrogens is 446 g/mol. The van der Waals surface area contributed by atoms with E-state index in [0.717, 1.165) is 12.8 Å². The Bertz CT molecular complexity index is 1220. The molecule has 4 rings (SSSR count). The van der Waals surface area contributed by atoms with Crippen molar-refractivity contribution in [3.05, 3.63) is 54.1 Å². The number of carbonyl (C=O) groups is 3. The number of rotatable bonds is 6. The monoisotopic (exact) mass is 471 g/mol. The van der Waals surface area contributed by atoms with E-state index in [0.29, 0.717) is 11.4 Å². The molecule has 0 spiro atoms. The third kappa shape index (κ3) is 4.49. The summed E-state index contributed by atoms with van der Waals surface area (Å²) < 4.78 is 32.5. The van der Waals surface area contributed by atoms with Crippen LogP contribution >= 0.6 is 0 Å². The van der Waals surface area contributed by atoms with Gasteiger partial charge in [0.2, 0.25) is 15.9 Å².